The molecule has 3 nitrogen and oxygen atoms in total. The van der Waals surface area contributed by atoms with Crippen LogP contribution < -0.4 is 0 Å². The summed E-state index contributed by atoms with van der Waals surface area (Å²) < 4.78 is 5.42. The maximum Gasteiger partial charge on any atom is 0.222 e. The van der Waals surface area contributed by atoms with Crippen molar-refractivity contribution in [1.29, 1.82) is 0 Å². The van der Waals surface area contributed by atoms with Gasteiger partial charge in [-0.1, -0.05) is 12.8 Å². The van der Waals surface area contributed by atoms with Crippen LogP contribution in [0.5, 0.6) is 0 Å². The molecule has 2 saturated heterocycles. The third-order valence-electron chi connectivity index (χ3n) is 3.68. The van der Waals surface area contributed by atoms with Gasteiger partial charge in [0.05, 0.1) is 0 Å². The summed E-state index contributed by atoms with van der Waals surface area (Å²) in [5.41, 5.74) is 0. The maximum absolute atomic E-state index is 12.1. The molecule has 16 heavy (non-hydrogen) atoms. The fraction of sp³-hybridized carbons (Fsp3) is 0.923. The van der Waals surface area contributed by atoms with Crippen molar-refractivity contribution in [2.45, 2.75) is 44.9 Å². The predicted molar refractivity (Wildman–Crippen MR) is 63.2 cm³/mol. The van der Waals surface area contributed by atoms with Crippen molar-refractivity contribution in [1.82, 2.24) is 4.90 Å². The molecule has 2 heterocycles. The van der Waals surface area contributed by atoms with Gasteiger partial charge in [-0.15, -0.1) is 0 Å². The minimum absolute atomic E-state index is 0.359. The van der Waals surface area contributed by atoms with Crippen molar-refractivity contribution >= 4 is 5.91 Å². The summed E-state index contributed by atoms with van der Waals surface area (Å²) in [6.45, 7) is 3.63. The third-order valence-corrected chi connectivity index (χ3v) is 3.68. The molecule has 92 valence electrons. The summed E-state index contributed by atoms with van der Waals surface area (Å²) in [6.07, 6.45) is 7.95. The Balaban J connectivity index is 1.76. The Hall–Kier alpha value is -0.570. The van der Waals surface area contributed by atoms with Crippen molar-refractivity contribution in [3.05, 3.63) is 0 Å². The number of rotatable bonds is 2. The van der Waals surface area contributed by atoms with E-state index in [1.165, 1.54) is 32.1 Å². The number of carbonyl (C=O) groups excluding carboxylic acids is 1. The molecule has 1 unspecified atom stereocenters. The Labute approximate surface area is 98.1 Å². The normalized spacial score (nSPS) is 27.5. The lowest BCUT2D eigenvalue weighted by atomic mass is 9.98. The molecule has 0 bridgehead atoms. The van der Waals surface area contributed by atoms with Crippen LogP contribution >= 0.6 is 0 Å². The highest BCUT2D eigenvalue weighted by atomic mass is 16.5. The van der Waals surface area contributed by atoms with E-state index in [-0.39, 0.29) is 0 Å². The lowest BCUT2D eigenvalue weighted by Gasteiger charge is -2.26. The molecule has 0 radical (unpaired) electrons. The summed E-state index contributed by atoms with van der Waals surface area (Å²) in [6, 6.07) is 0. The van der Waals surface area contributed by atoms with Crippen LogP contribution in [0.1, 0.15) is 44.9 Å². The van der Waals surface area contributed by atoms with Crippen molar-refractivity contribution in [3.63, 3.8) is 0 Å². The van der Waals surface area contributed by atoms with Gasteiger partial charge < -0.3 is 9.64 Å². The van der Waals surface area contributed by atoms with E-state index in [1.54, 1.807) is 0 Å². The second-order valence-electron chi connectivity index (χ2n) is 5.08. The van der Waals surface area contributed by atoms with Crippen LogP contribution in [0, 0.1) is 5.92 Å². The van der Waals surface area contributed by atoms with Gasteiger partial charge in [0, 0.05) is 32.7 Å². The van der Waals surface area contributed by atoms with Crippen LogP contribution in [0.2, 0.25) is 0 Å². The van der Waals surface area contributed by atoms with Gasteiger partial charge in [-0.05, 0) is 31.6 Å². The first kappa shape index (κ1) is 11.9. The summed E-state index contributed by atoms with van der Waals surface area (Å²) in [7, 11) is 0. The van der Waals surface area contributed by atoms with E-state index in [4.69, 9.17) is 4.74 Å². The number of carbonyl (C=O) groups is 1. The van der Waals surface area contributed by atoms with Crippen LogP contribution in [-0.2, 0) is 9.53 Å². The lowest BCUT2D eigenvalue weighted by molar-refractivity contribution is -0.133. The minimum Gasteiger partial charge on any atom is -0.381 e. The standard InChI is InChI=1S/C13H23NO2/c15-13(10-12-6-5-9-16-11-12)14-7-3-1-2-4-8-14/h12H,1-11H2. The number of hydrogen-bond acceptors (Lipinski definition) is 2. The Kier molecular flexibility index (Phi) is 4.64. The topological polar surface area (TPSA) is 29.5 Å². The van der Waals surface area contributed by atoms with Gasteiger partial charge in [-0.3, -0.25) is 4.79 Å². The van der Waals surface area contributed by atoms with Gasteiger partial charge in [-0.2, -0.15) is 0 Å². The molecule has 0 saturated carbocycles. The highest BCUT2D eigenvalue weighted by Gasteiger charge is 2.21. The Morgan fingerprint density at radius 2 is 1.88 bits per heavy atom. The highest BCUT2D eigenvalue weighted by molar-refractivity contribution is 5.76. The van der Waals surface area contributed by atoms with Crippen LogP contribution in [-0.4, -0.2) is 37.1 Å². The van der Waals surface area contributed by atoms with Crippen molar-refractivity contribution in [3.8, 4) is 0 Å². The van der Waals surface area contributed by atoms with E-state index in [0.717, 1.165) is 32.7 Å². The summed E-state index contributed by atoms with van der Waals surface area (Å²) >= 11 is 0. The smallest absolute Gasteiger partial charge is 0.222 e. The van der Waals surface area contributed by atoms with Crippen molar-refractivity contribution < 1.29 is 9.53 Å². The second-order valence-corrected chi connectivity index (χ2v) is 5.08. The lowest BCUT2D eigenvalue weighted by Crippen LogP contribution is -2.34. The average molecular weight is 225 g/mol. The zero-order chi connectivity index (χ0) is 11.2. The van der Waals surface area contributed by atoms with E-state index in [9.17, 15) is 4.79 Å². The molecular weight excluding hydrogens is 202 g/mol. The summed E-state index contributed by atoms with van der Waals surface area (Å²) in [5, 5.41) is 0. The number of amides is 1. The van der Waals surface area contributed by atoms with Gasteiger partial charge in [-0.25, -0.2) is 0 Å². The van der Waals surface area contributed by atoms with Gasteiger partial charge in [0.15, 0.2) is 0 Å². The van der Waals surface area contributed by atoms with E-state index < -0.39 is 0 Å². The zero-order valence-electron chi connectivity index (χ0n) is 10.1. The van der Waals surface area contributed by atoms with E-state index in [1.807, 2.05) is 0 Å². The Bertz CT molecular complexity index is 216. The molecule has 0 spiro atoms. The number of ether oxygens (including phenoxy) is 1. The number of hydrogen-bond donors (Lipinski definition) is 0. The van der Waals surface area contributed by atoms with Crippen LogP contribution in [0.25, 0.3) is 0 Å². The summed E-state index contributed by atoms with van der Waals surface area (Å²) in [5.74, 6) is 0.835. The molecule has 2 aliphatic heterocycles. The SMILES string of the molecule is O=C(CC1CCCOC1)N1CCCCCC1. The van der Waals surface area contributed by atoms with Gasteiger partial charge in [0.25, 0.3) is 0 Å². The van der Waals surface area contributed by atoms with E-state index in [2.05, 4.69) is 4.90 Å². The Morgan fingerprint density at radius 3 is 2.50 bits per heavy atom. The number of likely N-dealkylation sites (tertiary alicyclic amines) is 1. The monoisotopic (exact) mass is 225 g/mol. The Morgan fingerprint density at radius 1 is 1.12 bits per heavy atom. The average Bonchev–Trinajstić information content (AvgIpc) is 2.59. The molecule has 2 fully saturated rings. The van der Waals surface area contributed by atoms with Crippen LogP contribution in [0.4, 0.5) is 0 Å². The van der Waals surface area contributed by atoms with E-state index >= 15 is 0 Å². The predicted octanol–water partition coefficient (Wildman–Crippen LogP) is 2.21. The van der Waals surface area contributed by atoms with E-state index in [0.29, 0.717) is 18.2 Å². The molecule has 0 N–H and O–H groups in total. The van der Waals surface area contributed by atoms with Gasteiger partial charge in [0.2, 0.25) is 5.91 Å². The largest absolute Gasteiger partial charge is 0.381 e. The molecule has 0 aromatic heterocycles. The summed E-state index contributed by atoms with van der Waals surface area (Å²) in [4.78, 5) is 14.2. The molecule has 0 aromatic carbocycles. The molecule has 2 rings (SSSR count). The van der Waals surface area contributed by atoms with Crippen molar-refractivity contribution in [2.24, 2.45) is 5.92 Å². The third kappa shape index (κ3) is 3.48. The van der Waals surface area contributed by atoms with Gasteiger partial charge in [0.1, 0.15) is 0 Å². The molecule has 0 aliphatic carbocycles. The molecular formula is C13H23NO2. The quantitative estimate of drug-likeness (QED) is 0.721. The maximum atomic E-state index is 12.1. The van der Waals surface area contributed by atoms with Crippen molar-refractivity contribution in [2.75, 3.05) is 26.3 Å². The number of nitrogens with zero attached hydrogens (tertiary/aromatic N) is 1. The molecule has 0 aromatic rings. The first-order valence-electron chi connectivity index (χ1n) is 6.72. The molecule has 2 aliphatic rings. The highest BCUT2D eigenvalue weighted by Crippen LogP contribution is 2.19. The fourth-order valence-electron chi connectivity index (χ4n) is 2.66. The molecule has 1 amide bonds. The second kappa shape index (κ2) is 6.24. The molecule has 3 heteroatoms. The van der Waals surface area contributed by atoms with Crippen LogP contribution in [0.15, 0.2) is 0 Å². The fourth-order valence-corrected chi connectivity index (χ4v) is 2.66. The molecule has 1 atom stereocenters. The first-order valence-corrected chi connectivity index (χ1v) is 6.72. The van der Waals surface area contributed by atoms with Gasteiger partial charge >= 0.3 is 0 Å². The minimum atomic E-state index is 0.359. The van der Waals surface area contributed by atoms with Crippen LogP contribution in [0.3, 0.4) is 0 Å². The zero-order valence-corrected chi connectivity index (χ0v) is 10.1. The first-order chi connectivity index (χ1) is 7.86.